The van der Waals surface area contributed by atoms with Crippen LogP contribution >= 0.6 is 11.6 Å². The van der Waals surface area contributed by atoms with Crippen molar-refractivity contribution in [2.75, 3.05) is 0 Å². The molecule has 0 aromatic heterocycles. The van der Waals surface area contributed by atoms with Crippen molar-refractivity contribution in [3.8, 4) is 0 Å². The molecular formula is C10H11Cl. The van der Waals surface area contributed by atoms with Crippen LogP contribution in [0, 0.1) is 23.7 Å². The van der Waals surface area contributed by atoms with E-state index in [1.54, 1.807) is 0 Å². The first-order valence-electron chi connectivity index (χ1n) is 4.37. The molecular weight excluding hydrogens is 156 g/mol. The van der Waals surface area contributed by atoms with E-state index in [1.165, 1.54) is 6.42 Å². The maximum atomic E-state index is 6.19. The van der Waals surface area contributed by atoms with E-state index in [2.05, 4.69) is 24.3 Å². The van der Waals surface area contributed by atoms with Gasteiger partial charge in [0.05, 0.1) is 5.38 Å². The summed E-state index contributed by atoms with van der Waals surface area (Å²) in [7, 11) is 0. The second kappa shape index (κ2) is 1.92. The van der Waals surface area contributed by atoms with Crippen LogP contribution in [0.5, 0.6) is 0 Å². The van der Waals surface area contributed by atoms with Crippen LogP contribution in [0.15, 0.2) is 24.3 Å². The third kappa shape index (κ3) is 0.666. The van der Waals surface area contributed by atoms with Crippen LogP contribution in [-0.4, -0.2) is 5.38 Å². The molecule has 58 valence electrons. The van der Waals surface area contributed by atoms with E-state index >= 15 is 0 Å². The number of halogens is 1. The molecule has 5 atom stereocenters. The molecule has 0 saturated heterocycles. The third-order valence-corrected chi connectivity index (χ3v) is 3.90. The Bertz CT molecular complexity index is 241. The highest BCUT2D eigenvalue weighted by molar-refractivity contribution is 6.22. The SMILES string of the molecule is Cl[C@@H]1C=C[C@@H]2[C@H]1[C@@H]1C=C[C@H]2C1. The van der Waals surface area contributed by atoms with Gasteiger partial charge in [0.1, 0.15) is 0 Å². The van der Waals surface area contributed by atoms with Gasteiger partial charge in [-0.3, -0.25) is 0 Å². The topological polar surface area (TPSA) is 0 Å². The molecule has 3 rings (SSSR count). The summed E-state index contributed by atoms with van der Waals surface area (Å²) in [5.41, 5.74) is 0. The highest BCUT2D eigenvalue weighted by atomic mass is 35.5. The van der Waals surface area contributed by atoms with E-state index in [4.69, 9.17) is 11.6 Å². The molecule has 11 heavy (non-hydrogen) atoms. The van der Waals surface area contributed by atoms with E-state index in [-0.39, 0.29) is 0 Å². The fourth-order valence-electron chi connectivity index (χ4n) is 2.98. The molecule has 0 nitrogen and oxygen atoms in total. The molecule has 0 aromatic rings. The molecule has 0 aliphatic heterocycles. The summed E-state index contributed by atoms with van der Waals surface area (Å²) in [5, 5.41) is 0.319. The van der Waals surface area contributed by atoms with E-state index in [1.807, 2.05) is 0 Å². The molecule has 0 N–H and O–H groups in total. The number of alkyl halides is 1. The summed E-state index contributed by atoms with van der Waals surface area (Å²) in [6.45, 7) is 0. The normalized spacial score (nSPS) is 57.4. The quantitative estimate of drug-likeness (QED) is 0.383. The zero-order chi connectivity index (χ0) is 7.42. The minimum Gasteiger partial charge on any atom is -0.118 e. The smallest absolute Gasteiger partial charge is 0.0555 e. The molecule has 0 spiro atoms. The van der Waals surface area contributed by atoms with Crippen LogP contribution in [-0.2, 0) is 0 Å². The molecule has 0 unspecified atom stereocenters. The minimum atomic E-state index is 0.319. The second-order valence-corrected chi connectivity index (χ2v) is 4.44. The summed E-state index contributed by atoms with van der Waals surface area (Å²) in [4.78, 5) is 0. The van der Waals surface area contributed by atoms with Crippen LogP contribution in [0.1, 0.15) is 6.42 Å². The van der Waals surface area contributed by atoms with Gasteiger partial charge in [0.25, 0.3) is 0 Å². The standard InChI is InChI=1S/C10H11Cl/c11-9-4-3-8-6-1-2-7(5-6)10(8)9/h1-4,6-10H,5H2/t6-,7+,8-,9+,10+/m0/s1. The van der Waals surface area contributed by atoms with Crippen molar-refractivity contribution in [2.24, 2.45) is 23.7 Å². The Labute approximate surface area is 71.9 Å². The van der Waals surface area contributed by atoms with Gasteiger partial charge in [-0.2, -0.15) is 0 Å². The Kier molecular flexibility index (Phi) is 1.10. The van der Waals surface area contributed by atoms with E-state index < -0.39 is 0 Å². The largest absolute Gasteiger partial charge is 0.118 e. The highest BCUT2D eigenvalue weighted by Gasteiger charge is 2.48. The molecule has 0 aromatic carbocycles. The molecule has 0 radical (unpaired) electrons. The van der Waals surface area contributed by atoms with E-state index in [9.17, 15) is 0 Å². The first kappa shape index (κ1) is 6.30. The van der Waals surface area contributed by atoms with Crippen molar-refractivity contribution in [1.82, 2.24) is 0 Å². The zero-order valence-electron chi connectivity index (χ0n) is 6.28. The Morgan fingerprint density at radius 2 is 1.82 bits per heavy atom. The lowest BCUT2D eigenvalue weighted by Crippen LogP contribution is -2.20. The number of hydrogen-bond acceptors (Lipinski definition) is 0. The number of allylic oxidation sites excluding steroid dienone is 4. The van der Waals surface area contributed by atoms with Crippen LogP contribution in [0.2, 0.25) is 0 Å². The van der Waals surface area contributed by atoms with Gasteiger partial charge in [-0.1, -0.05) is 24.3 Å². The van der Waals surface area contributed by atoms with Crippen LogP contribution in [0.3, 0.4) is 0 Å². The summed E-state index contributed by atoms with van der Waals surface area (Å²) in [6.07, 6.45) is 10.6. The van der Waals surface area contributed by atoms with Crippen LogP contribution in [0.4, 0.5) is 0 Å². The maximum Gasteiger partial charge on any atom is 0.0555 e. The Balaban J connectivity index is 2.02. The fourth-order valence-corrected chi connectivity index (χ4v) is 3.42. The van der Waals surface area contributed by atoms with Gasteiger partial charge < -0.3 is 0 Å². The predicted molar refractivity (Wildman–Crippen MR) is 46.5 cm³/mol. The lowest BCUT2D eigenvalue weighted by Gasteiger charge is -2.22. The third-order valence-electron chi connectivity index (χ3n) is 3.47. The molecule has 1 saturated carbocycles. The van der Waals surface area contributed by atoms with Crippen molar-refractivity contribution >= 4 is 11.6 Å². The van der Waals surface area contributed by atoms with E-state index in [0.29, 0.717) is 5.38 Å². The lowest BCUT2D eigenvalue weighted by atomic mass is 9.85. The minimum absolute atomic E-state index is 0.319. The summed E-state index contributed by atoms with van der Waals surface area (Å²) < 4.78 is 0. The first-order valence-corrected chi connectivity index (χ1v) is 4.80. The zero-order valence-corrected chi connectivity index (χ0v) is 7.04. The van der Waals surface area contributed by atoms with Gasteiger partial charge >= 0.3 is 0 Å². The monoisotopic (exact) mass is 166 g/mol. The van der Waals surface area contributed by atoms with Crippen molar-refractivity contribution in [3.05, 3.63) is 24.3 Å². The van der Waals surface area contributed by atoms with Gasteiger partial charge in [-0.05, 0) is 30.1 Å². The second-order valence-electron chi connectivity index (χ2n) is 3.93. The van der Waals surface area contributed by atoms with Gasteiger partial charge in [0.2, 0.25) is 0 Å². The number of rotatable bonds is 0. The molecule has 2 bridgehead atoms. The number of hydrogen-bond donors (Lipinski definition) is 0. The van der Waals surface area contributed by atoms with Gasteiger partial charge in [0.15, 0.2) is 0 Å². The highest BCUT2D eigenvalue weighted by Crippen LogP contribution is 2.53. The molecule has 3 aliphatic carbocycles. The lowest BCUT2D eigenvalue weighted by molar-refractivity contribution is 0.402. The van der Waals surface area contributed by atoms with Crippen molar-refractivity contribution in [3.63, 3.8) is 0 Å². The Morgan fingerprint density at radius 3 is 2.64 bits per heavy atom. The predicted octanol–water partition coefficient (Wildman–Crippen LogP) is 2.60. The summed E-state index contributed by atoms with van der Waals surface area (Å²) >= 11 is 6.19. The summed E-state index contributed by atoms with van der Waals surface area (Å²) in [5.74, 6) is 3.15. The van der Waals surface area contributed by atoms with Gasteiger partial charge in [-0.25, -0.2) is 0 Å². The Morgan fingerprint density at radius 1 is 1.00 bits per heavy atom. The molecule has 1 heteroatoms. The van der Waals surface area contributed by atoms with Crippen LogP contribution in [0.25, 0.3) is 0 Å². The molecule has 3 aliphatic rings. The van der Waals surface area contributed by atoms with Gasteiger partial charge in [0, 0.05) is 0 Å². The average Bonchev–Trinajstić information content (AvgIpc) is 2.60. The van der Waals surface area contributed by atoms with E-state index in [0.717, 1.165) is 23.7 Å². The number of fused-ring (bicyclic) bond motifs is 5. The first-order chi connectivity index (χ1) is 5.36. The van der Waals surface area contributed by atoms with Crippen LogP contribution < -0.4 is 0 Å². The maximum absolute atomic E-state index is 6.19. The molecule has 0 heterocycles. The Hall–Kier alpha value is -0.230. The summed E-state index contributed by atoms with van der Waals surface area (Å²) in [6, 6.07) is 0. The molecule has 1 fully saturated rings. The van der Waals surface area contributed by atoms with Gasteiger partial charge in [-0.15, -0.1) is 11.6 Å². The average molecular weight is 167 g/mol. The van der Waals surface area contributed by atoms with Crippen molar-refractivity contribution in [1.29, 1.82) is 0 Å². The fraction of sp³-hybridized carbons (Fsp3) is 0.600. The molecule has 0 amide bonds. The van der Waals surface area contributed by atoms with Crippen molar-refractivity contribution in [2.45, 2.75) is 11.8 Å². The van der Waals surface area contributed by atoms with Crippen molar-refractivity contribution < 1.29 is 0 Å².